The quantitative estimate of drug-likeness (QED) is 0.185. The Balaban J connectivity index is 1.29. The maximum absolute atomic E-state index is 11.8. The van der Waals surface area contributed by atoms with Crippen LogP contribution in [0.15, 0.2) is 48.8 Å². The van der Waals surface area contributed by atoms with Crippen molar-refractivity contribution in [3.05, 3.63) is 48.8 Å². The number of carboxylic acid groups (broad SMARTS) is 1. The van der Waals surface area contributed by atoms with Gasteiger partial charge in [-0.1, -0.05) is 19.1 Å². The number of benzene rings is 2. The van der Waals surface area contributed by atoms with Gasteiger partial charge in [-0.3, -0.25) is 4.57 Å². The monoisotopic (exact) mass is 635 g/mol. The first-order chi connectivity index (χ1) is 22.1. The highest BCUT2D eigenvalue weighted by Crippen LogP contribution is 2.37. The number of carbonyl (C=O) groups is 1. The van der Waals surface area contributed by atoms with E-state index in [1.807, 2.05) is 37.3 Å². The molecule has 2 aromatic heterocycles. The Bertz CT molecular complexity index is 1750. The van der Waals surface area contributed by atoms with Gasteiger partial charge < -0.3 is 50.0 Å². The Morgan fingerprint density at radius 2 is 1.87 bits per heavy atom. The van der Waals surface area contributed by atoms with Crippen LogP contribution in [0.2, 0.25) is 0 Å². The SMILES string of the molecule is CC1(COc2cc(OC3OC(C(=O)O)C(O)C(O)C3O)c3c(c2)ncn3-c2ccc3cccc(N4CCC(N)CC4)c3n2)COC1. The summed E-state index contributed by atoms with van der Waals surface area (Å²) in [7, 11) is 0. The van der Waals surface area contributed by atoms with Crippen molar-refractivity contribution < 1.29 is 44.2 Å². The normalized spacial score (nSPS) is 26.6. The van der Waals surface area contributed by atoms with Crippen LogP contribution in [-0.4, -0.2) is 111 Å². The number of hydrogen-bond donors (Lipinski definition) is 5. The fraction of sp³-hybridized carbons (Fsp3) is 0.469. The molecule has 0 amide bonds. The van der Waals surface area contributed by atoms with Gasteiger partial charge in [-0.15, -0.1) is 0 Å². The summed E-state index contributed by atoms with van der Waals surface area (Å²) in [6, 6.07) is 13.4. The molecule has 2 aromatic carbocycles. The molecule has 0 bridgehead atoms. The molecule has 5 unspecified atom stereocenters. The number of ether oxygens (including phenoxy) is 4. The number of aliphatic hydroxyl groups excluding tert-OH is 3. The molecule has 7 rings (SSSR count). The number of hydrogen-bond acceptors (Lipinski definition) is 12. The number of fused-ring (bicyclic) bond motifs is 2. The molecule has 0 saturated carbocycles. The molecule has 0 spiro atoms. The van der Waals surface area contributed by atoms with Crippen LogP contribution < -0.4 is 20.1 Å². The summed E-state index contributed by atoms with van der Waals surface area (Å²) >= 11 is 0. The van der Waals surface area contributed by atoms with E-state index >= 15 is 0 Å². The lowest BCUT2D eigenvalue weighted by Gasteiger charge is -2.38. The Hall–Kier alpha value is -4.05. The minimum absolute atomic E-state index is 0.136. The van der Waals surface area contributed by atoms with Gasteiger partial charge in [0.2, 0.25) is 6.29 Å². The van der Waals surface area contributed by atoms with Crippen molar-refractivity contribution in [1.82, 2.24) is 14.5 Å². The molecule has 3 aliphatic heterocycles. The zero-order valence-corrected chi connectivity index (χ0v) is 25.2. The van der Waals surface area contributed by atoms with Crippen molar-refractivity contribution in [2.45, 2.75) is 56.5 Å². The van der Waals surface area contributed by atoms with Gasteiger partial charge in [-0.05, 0) is 31.0 Å². The van der Waals surface area contributed by atoms with Crippen LogP contribution in [-0.2, 0) is 14.3 Å². The number of carboxylic acids is 1. The number of rotatable bonds is 8. The molecule has 14 nitrogen and oxygen atoms in total. The van der Waals surface area contributed by atoms with Gasteiger partial charge in [-0.25, -0.2) is 14.8 Å². The summed E-state index contributed by atoms with van der Waals surface area (Å²) in [6.45, 7) is 5.19. The van der Waals surface area contributed by atoms with E-state index in [0.717, 1.165) is 42.5 Å². The van der Waals surface area contributed by atoms with E-state index in [1.165, 1.54) is 0 Å². The first-order valence-corrected chi connectivity index (χ1v) is 15.3. The van der Waals surface area contributed by atoms with E-state index in [-0.39, 0.29) is 17.2 Å². The molecular weight excluding hydrogens is 598 g/mol. The minimum atomic E-state index is -1.86. The lowest BCUT2D eigenvalue weighted by Crippen LogP contribution is -2.61. The fourth-order valence-electron chi connectivity index (χ4n) is 6.15. The second-order valence-electron chi connectivity index (χ2n) is 12.7. The van der Waals surface area contributed by atoms with E-state index in [2.05, 4.69) is 9.88 Å². The van der Waals surface area contributed by atoms with E-state index in [0.29, 0.717) is 42.4 Å². The topological polar surface area (TPSA) is 195 Å². The molecule has 4 aromatic rings. The van der Waals surface area contributed by atoms with Crippen molar-refractivity contribution in [1.29, 1.82) is 0 Å². The largest absolute Gasteiger partial charge is 0.493 e. The van der Waals surface area contributed by atoms with Crippen molar-refractivity contribution in [2.75, 3.05) is 37.8 Å². The first kappa shape index (κ1) is 30.6. The minimum Gasteiger partial charge on any atom is -0.493 e. The number of aliphatic hydroxyl groups is 3. The van der Waals surface area contributed by atoms with Crippen molar-refractivity contribution in [3.8, 4) is 17.3 Å². The summed E-state index contributed by atoms with van der Waals surface area (Å²) in [5, 5.41) is 41.9. The number of aliphatic carboxylic acids is 1. The number of nitrogens with two attached hydrogens (primary N) is 1. The van der Waals surface area contributed by atoms with E-state index in [4.69, 9.17) is 29.7 Å². The molecule has 3 aliphatic rings. The average molecular weight is 636 g/mol. The maximum atomic E-state index is 11.8. The van der Waals surface area contributed by atoms with Crippen molar-refractivity contribution >= 4 is 33.6 Å². The molecule has 14 heteroatoms. The lowest BCUT2D eigenvalue weighted by atomic mass is 9.90. The van der Waals surface area contributed by atoms with Crippen LogP contribution in [0.4, 0.5) is 5.69 Å². The Labute approximate surface area is 263 Å². The van der Waals surface area contributed by atoms with Crippen molar-refractivity contribution in [2.24, 2.45) is 11.1 Å². The second-order valence-corrected chi connectivity index (χ2v) is 12.7. The molecule has 3 saturated heterocycles. The van der Waals surface area contributed by atoms with Gasteiger partial charge in [0.1, 0.15) is 41.7 Å². The smallest absolute Gasteiger partial charge is 0.335 e. The van der Waals surface area contributed by atoms with Crippen LogP contribution >= 0.6 is 0 Å². The number of anilines is 1. The standard InChI is InChI=1S/C32H37N5O9/c1-32(13-43-14-32)15-44-19-11-20-25(22(12-19)45-31-28(40)26(38)27(39)29(46-31)30(41)42)37(16-34-20)23-6-5-17-3-2-4-21(24(17)35-23)36-9-7-18(33)8-10-36/h2-6,11-12,16,18,26-29,31,38-40H,7-10,13-15,33H2,1H3,(H,41,42). The highest BCUT2D eigenvalue weighted by molar-refractivity contribution is 5.92. The predicted molar refractivity (Wildman–Crippen MR) is 165 cm³/mol. The molecule has 5 heterocycles. The van der Waals surface area contributed by atoms with Crippen molar-refractivity contribution in [3.63, 3.8) is 0 Å². The molecule has 46 heavy (non-hydrogen) atoms. The summed E-state index contributed by atoms with van der Waals surface area (Å²) in [5.41, 5.74) is 8.74. The molecule has 244 valence electrons. The summed E-state index contributed by atoms with van der Waals surface area (Å²) < 4.78 is 24.7. The fourth-order valence-corrected chi connectivity index (χ4v) is 6.15. The number of aromatic nitrogens is 3. The summed E-state index contributed by atoms with van der Waals surface area (Å²) in [4.78, 5) is 23.7. The number of nitrogens with zero attached hydrogens (tertiary/aromatic N) is 4. The van der Waals surface area contributed by atoms with Gasteiger partial charge >= 0.3 is 5.97 Å². The highest BCUT2D eigenvalue weighted by Gasteiger charge is 2.48. The van der Waals surface area contributed by atoms with Gasteiger partial charge in [0, 0.05) is 42.1 Å². The van der Waals surface area contributed by atoms with E-state index < -0.39 is 36.7 Å². The maximum Gasteiger partial charge on any atom is 0.335 e. The van der Waals surface area contributed by atoms with E-state index in [1.54, 1.807) is 23.0 Å². The Kier molecular flexibility index (Phi) is 7.95. The molecule has 0 aliphatic carbocycles. The molecular formula is C32H37N5O9. The second kappa shape index (κ2) is 12.0. The van der Waals surface area contributed by atoms with Crippen LogP contribution in [0.5, 0.6) is 11.5 Å². The third kappa shape index (κ3) is 5.61. The van der Waals surface area contributed by atoms with Crippen LogP contribution in [0.25, 0.3) is 27.8 Å². The summed E-state index contributed by atoms with van der Waals surface area (Å²) in [5.74, 6) is -0.421. The number of pyridine rings is 1. The van der Waals surface area contributed by atoms with Crippen LogP contribution in [0.1, 0.15) is 19.8 Å². The predicted octanol–water partition coefficient (Wildman–Crippen LogP) is 1.19. The molecule has 5 atom stereocenters. The number of imidazole rings is 1. The van der Waals surface area contributed by atoms with Gasteiger partial charge in [0.25, 0.3) is 0 Å². The van der Waals surface area contributed by atoms with Gasteiger partial charge in [0.15, 0.2) is 11.9 Å². The zero-order valence-electron chi connectivity index (χ0n) is 25.2. The summed E-state index contributed by atoms with van der Waals surface area (Å²) in [6.07, 6.45) is -5.53. The lowest BCUT2D eigenvalue weighted by molar-refractivity contribution is -0.270. The first-order valence-electron chi connectivity index (χ1n) is 15.3. The Morgan fingerprint density at radius 1 is 1.09 bits per heavy atom. The van der Waals surface area contributed by atoms with Crippen LogP contribution in [0.3, 0.4) is 0 Å². The van der Waals surface area contributed by atoms with Gasteiger partial charge in [-0.2, -0.15) is 0 Å². The highest BCUT2D eigenvalue weighted by atomic mass is 16.7. The zero-order chi connectivity index (χ0) is 32.2. The molecule has 0 radical (unpaired) electrons. The number of piperidine rings is 1. The van der Waals surface area contributed by atoms with E-state index in [9.17, 15) is 25.2 Å². The number of para-hydroxylation sites is 1. The Morgan fingerprint density at radius 3 is 2.59 bits per heavy atom. The third-order valence-electron chi connectivity index (χ3n) is 8.94. The molecule has 3 fully saturated rings. The average Bonchev–Trinajstić information content (AvgIpc) is 3.47. The van der Waals surface area contributed by atoms with Gasteiger partial charge in [0.05, 0.1) is 36.5 Å². The van der Waals surface area contributed by atoms with Crippen LogP contribution in [0, 0.1) is 5.41 Å². The molecule has 6 N–H and O–H groups in total. The third-order valence-corrected chi connectivity index (χ3v) is 8.94.